The van der Waals surface area contributed by atoms with Gasteiger partial charge < -0.3 is 4.74 Å². The molecule has 0 fully saturated rings. The number of ether oxygens (including phenoxy) is 1. The van der Waals surface area contributed by atoms with Gasteiger partial charge >= 0.3 is 0 Å². The molecule has 0 atom stereocenters. The summed E-state index contributed by atoms with van der Waals surface area (Å²) in [5, 5.41) is 6.80. The third kappa shape index (κ3) is 2.30. The summed E-state index contributed by atoms with van der Waals surface area (Å²) in [5.41, 5.74) is 0.731. The Bertz CT molecular complexity index is 489. The van der Waals surface area contributed by atoms with E-state index in [1.807, 2.05) is 0 Å². The van der Waals surface area contributed by atoms with Crippen LogP contribution in [0.3, 0.4) is 0 Å². The van der Waals surface area contributed by atoms with Crippen molar-refractivity contribution < 1.29 is 4.74 Å². The highest BCUT2D eigenvalue weighted by Crippen LogP contribution is 2.22. The maximum atomic E-state index is 6.00. The third-order valence-electron chi connectivity index (χ3n) is 1.79. The highest BCUT2D eigenvalue weighted by Gasteiger charge is 2.13. The fourth-order valence-electron chi connectivity index (χ4n) is 1.11. The van der Waals surface area contributed by atoms with E-state index in [1.165, 1.54) is 6.33 Å². The maximum absolute atomic E-state index is 6.00. The molecule has 0 radical (unpaired) electrons. The fourth-order valence-corrected chi connectivity index (χ4v) is 1.70. The highest BCUT2D eigenvalue weighted by molar-refractivity contribution is 14.1. The minimum Gasteiger partial charge on any atom is -0.378 e. The van der Waals surface area contributed by atoms with Crippen LogP contribution in [0.25, 0.3) is 11.6 Å². The number of hydrogen-bond donors (Lipinski definition) is 1. The molecule has 0 aliphatic carbocycles. The number of halogens is 2. The molecular formula is C8H7ClIN5O. The molecule has 0 aliphatic heterocycles. The number of H-pyrrole nitrogens is 1. The van der Waals surface area contributed by atoms with Crippen molar-refractivity contribution >= 4 is 34.2 Å². The van der Waals surface area contributed by atoms with Crippen LogP contribution in [0.1, 0.15) is 5.69 Å². The molecule has 84 valence electrons. The van der Waals surface area contributed by atoms with E-state index in [9.17, 15) is 0 Å². The predicted octanol–water partition coefficient (Wildman–Crippen LogP) is 1.67. The van der Waals surface area contributed by atoms with E-state index in [4.69, 9.17) is 16.3 Å². The number of nitrogens with one attached hydrogen (secondary N) is 1. The Morgan fingerprint density at radius 2 is 2.31 bits per heavy atom. The molecule has 0 spiro atoms. The zero-order valence-electron chi connectivity index (χ0n) is 8.24. The first-order chi connectivity index (χ1) is 7.72. The summed E-state index contributed by atoms with van der Waals surface area (Å²) in [5.74, 6) is 0.894. The van der Waals surface area contributed by atoms with Crippen LogP contribution in [0, 0.1) is 3.57 Å². The number of hydrogen-bond acceptors (Lipinski definition) is 5. The van der Waals surface area contributed by atoms with Crippen LogP contribution >= 0.6 is 34.2 Å². The number of aromatic amines is 1. The Morgan fingerprint density at radius 3 is 2.94 bits per heavy atom. The van der Waals surface area contributed by atoms with Gasteiger partial charge in [-0.1, -0.05) is 11.6 Å². The smallest absolute Gasteiger partial charge is 0.199 e. The Morgan fingerprint density at radius 1 is 1.50 bits per heavy atom. The van der Waals surface area contributed by atoms with Crippen molar-refractivity contribution in [1.29, 1.82) is 0 Å². The van der Waals surface area contributed by atoms with E-state index in [0.717, 1.165) is 9.26 Å². The fraction of sp³-hybridized carbons (Fsp3) is 0.250. The van der Waals surface area contributed by atoms with Gasteiger partial charge in [0, 0.05) is 7.11 Å². The molecule has 2 rings (SSSR count). The van der Waals surface area contributed by atoms with E-state index >= 15 is 0 Å². The Labute approximate surface area is 110 Å². The van der Waals surface area contributed by atoms with Crippen LogP contribution < -0.4 is 0 Å². The Hall–Kier alpha value is -0.800. The zero-order valence-corrected chi connectivity index (χ0v) is 11.2. The zero-order chi connectivity index (χ0) is 11.5. The lowest BCUT2D eigenvalue weighted by molar-refractivity contribution is 0.181. The monoisotopic (exact) mass is 351 g/mol. The molecule has 0 bridgehead atoms. The van der Waals surface area contributed by atoms with Gasteiger partial charge in [0.25, 0.3) is 0 Å². The minimum atomic E-state index is 0.377. The van der Waals surface area contributed by atoms with Crippen LogP contribution in [0.15, 0.2) is 6.33 Å². The van der Waals surface area contributed by atoms with Crippen LogP contribution in [0.4, 0.5) is 0 Å². The van der Waals surface area contributed by atoms with Crippen LogP contribution in [-0.4, -0.2) is 32.3 Å². The SMILES string of the molecule is COCc1nc(-c2ncn[nH]2)nc(Cl)c1I. The van der Waals surface area contributed by atoms with Crippen molar-refractivity contribution in [2.75, 3.05) is 7.11 Å². The van der Waals surface area contributed by atoms with E-state index in [1.54, 1.807) is 7.11 Å². The molecule has 2 heterocycles. The normalized spacial score (nSPS) is 10.7. The summed E-state index contributed by atoms with van der Waals surface area (Å²) in [6, 6.07) is 0. The highest BCUT2D eigenvalue weighted by atomic mass is 127. The standard InChI is InChI=1S/C8H7ClIN5O/c1-16-2-4-5(10)6(9)14-8(13-4)7-11-3-12-15-7/h3H,2H2,1H3,(H,11,12,15). The summed E-state index contributed by atoms with van der Waals surface area (Å²) in [6.07, 6.45) is 1.39. The Kier molecular flexibility index (Phi) is 3.66. The van der Waals surface area contributed by atoms with E-state index in [2.05, 4.69) is 47.7 Å². The van der Waals surface area contributed by atoms with Gasteiger partial charge in [-0.3, -0.25) is 5.10 Å². The van der Waals surface area contributed by atoms with Crippen LogP contribution in [0.5, 0.6) is 0 Å². The molecule has 1 N–H and O–H groups in total. The summed E-state index contributed by atoms with van der Waals surface area (Å²) >= 11 is 8.08. The molecule has 16 heavy (non-hydrogen) atoms. The molecule has 2 aromatic heterocycles. The molecule has 8 heteroatoms. The number of aromatic nitrogens is 5. The lowest BCUT2D eigenvalue weighted by Gasteiger charge is -2.05. The number of methoxy groups -OCH3 is 1. The van der Waals surface area contributed by atoms with Gasteiger partial charge in [-0.2, -0.15) is 5.10 Å². The molecule has 6 nitrogen and oxygen atoms in total. The molecule has 0 amide bonds. The largest absolute Gasteiger partial charge is 0.378 e. The van der Waals surface area contributed by atoms with Gasteiger partial charge in [-0.25, -0.2) is 15.0 Å². The third-order valence-corrected chi connectivity index (χ3v) is 3.51. The van der Waals surface area contributed by atoms with Gasteiger partial charge in [0.2, 0.25) is 0 Å². The van der Waals surface area contributed by atoms with Crippen molar-refractivity contribution in [3.8, 4) is 11.6 Å². The number of rotatable bonds is 3. The van der Waals surface area contributed by atoms with Crippen molar-refractivity contribution in [3.63, 3.8) is 0 Å². The molecular weight excluding hydrogens is 344 g/mol. The van der Waals surface area contributed by atoms with E-state index < -0.39 is 0 Å². The lowest BCUT2D eigenvalue weighted by Crippen LogP contribution is -2.02. The first-order valence-corrected chi connectivity index (χ1v) is 5.74. The maximum Gasteiger partial charge on any atom is 0.199 e. The average molecular weight is 352 g/mol. The molecule has 0 saturated heterocycles. The predicted molar refractivity (Wildman–Crippen MR) is 65.8 cm³/mol. The summed E-state index contributed by atoms with van der Waals surface area (Å²) in [7, 11) is 1.60. The quantitative estimate of drug-likeness (QED) is 0.672. The molecule has 2 aromatic rings. The van der Waals surface area contributed by atoms with Gasteiger partial charge in [0.05, 0.1) is 15.9 Å². The molecule has 0 saturated carbocycles. The Balaban J connectivity index is 2.48. The summed E-state index contributed by atoms with van der Waals surface area (Å²) in [4.78, 5) is 12.4. The van der Waals surface area contributed by atoms with Gasteiger partial charge in [-0.05, 0) is 22.6 Å². The van der Waals surface area contributed by atoms with Crippen molar-refractivity contribution in [1.82, 2.24) is 25.1 Å². The van der Waals surface area contributed by atoms with Gasteiger partial charge in [0.1, 0.15) is 11.5 Å². The van der Waals surface area contributed by atoms with Crippen LogP contribution in [-0.2, 0) is 11.3 Å². The minimum absolute atomic E-state index is 0.377. The molecule has 0 aliphatic rings. The van der Waals surface area contributed by atoms with E-state index in [-0.39, 0.29) is 0 Å². The van der Waals surface area contributed by atoms with Gasteiger partial charge in [-0.15, -0.1) is 0 Å². The first-order valence-electron chi connectivity index (χ1n) is 4.29. The summed E-state index contributed by atoms with van der Waals surface area (Å²) < 4.78 is 5.82. The lowest BCUT2D eigenvalue weighted by atomic mass is 10.4. The second-order valence-electron chi connectivity index (χ2n) is 2.87. The second-order valence-corrected chi connectivity index (χ2v) is 4.30. The molecule has 0 aromatic carbocycles. The van der Waals surface area contributed by atoms with Crippen molar-refractivity contribution in [2.45, 2.75) is 6.61 Å². The first kappa shape index (κ1) is 11.7. The average Bonchev–Trinajstić information content (AvgIpc) is 2.78. The molecule has 0 unspecified atom stereocenters. The number of nitrogens with zero attached hydrogens (tertiary/aromatic N) is 4. The van der Waals surface area contributed by atoms with Crippen LogP contribution in [0.2, 0.25) is 5.15 Å². The van der Waals surface area contributed by atoms with Crippen molar-refractivity contribution in [2.24, 2.45) is 0 Å². The topological polar surface area (TPSA) is 76.6 Å². The van der Waals surface area contributed by atoms with E-state index in [0.29, 0.717) is 23.4 Å². The second kappa shape index (κ2) is 5.02. The summed E-state index contributed by atoms with van der Waals surface area (Å²) in [6.45, 7) is 0.377. The van der Waals surface area contributed by atoms with Crippen molar-refractivity contribution in [3.05, 3.63) is 20.7 Å². The van der Waals surface area contributed by atoms with Gasteiger partial charge in [0.15, 0.2) is 11.6 Å².